The lowest BCUT2D eigenvalue weighted by molar-refractivity contribution is -0.138. The first-order chi connectivity index (χ1) is 23.7. The third-order valence-electron chi connectivity index (χ3n) is 6.59. The van der Waals surface area contributed by atoms with Gasteiger partial charge in [-0.3, -0.25) is 0 Å². The van der Waals surface area contributed by atoms with Crippen molar-refractivity contribution < 1.29 is 52.0 Å². The van der Waals surface area contributed by atoms with Crippen LogP contribution in [0.1, 0.15) is 64.8 Å². The zero-order chi connectivity index (χ0) is 35.9. The van der Waals surface area contributed by atoms with Crippen LogP contribution < -0.4 is 14.2 Å². The van der Waals surface area contributed by atoms with Gasteiger partial charge in [0.05, 0.1) is 44.7 Å². The predicted octanol–water partition coefficient (Wildman–Crippen LogP) is 7.38. The number of carbonyl (C=O) groups excluding carboxylic acids is 4. The Morgan fingerprint density at radius 2 is 1.08 bits per heavy atom. The molecule has 10 nitrogen and oxygen atoms in total. The number of carbonyl (C=O) groups is 4. The van der Waals surface area contributed by atoms with E-state index in [1.165, 1.54) is 19.2 Å². The summed E-state index contributed by atoms with van der Waals surface area (Å²) in [6, 6.07) is 17.7. The van der Waals surface area contributed by atoms with Crippen LogP contribution in [0, 0.1) is 12.7 Å². The van der Waals surface area contributed by atoms with E-state index in [0.717, 1.165) is 56.2 Å². The SMILES string of the molecule is C=CC(=O)OCCCCCOc1ccc(C(=O)OC)cc1.C=CC(=O)OCCCCCOc1ccc(C(=O)Oc2ccc(C)cc2F)cc1. The molecule has 11 heteroatoms. The summed E-state index contributed by atoms with van der Waals surface area (Å²) in [6.45, 7) is 10.3. The molecule has 3 rings (SSSR count). The Kier molecular flexibility index (Phi) is 18.6. The average molecular weight is 679 g/mol. The van der Waals surface area contributed by atoms with Crippen molar-refractivity contribution in [1.82, 2.24) is 0 Å². The minimum absolute atomic E-state index is 0.102. The Balaban J connectivity index is 0.000000355. The molecule has 0 N–H and O–H groups in total. The molecule has 0 radical (unpaired) electrons. The highest BCUT2D eigenvalue weighted by Gasteiger charge is 2.12. The van der Waals surface area contributed by atoms with Crippen LogP contribution in [0.5, 0.6) is 17.2 Å². The number of esters is 4. The highest BCUT2D eigenvalue weighted by molar-refractivity contribution is 5.91. The van der Waals surface area contributed by atoms with Crippen molar-refractivity contribution in [3.63, 3.8) is 0 Å². The Morgan fingerprint density at radius 3 is 1.51 bits per heavy atom. The second-order valence-electron chi connectivity index (χ2n) is 10.4. The molecule has 3 aromatic rings. The molecule has 0 heterocycles. The van der Waals surface area contributed by atoms with Crippen molar-refractivity contribution in [2.24, 2.45) is 0 Å². The summed E-state index contributed by atoms with van der Waals surface area (Å²) >= 11 is 0. The number of hydrogen-bond acceptors (Lipinski definition) is 10. The van der Waals surface area contributed by atoms with Gasteiger partial charge in [0.1, 0.15) is 11.5 Å². The maximum Gasteiger partial charge on any atom is 0.343 e. The summed E-state index contributed by atoms with van der Waals surface area (Å²) in [5.41, 5.74) is 1.54. The molecule has 0 saturated heterocycles. The summed E-state index contributed by atoms with van der Waals surface area (Å²) in [5.74, 6) is -1.16. The molecule has 3 aromatic carbocycles. The number of hydrogen-bond donors (Lipinski definition) is 0. The number of unbranched alkanes of at least 4 members (excludes halogenated alkanes) is 4. The van der Waals surface area contributed by atoms with Crippen LogP contribution in [-0.4, -0.2) is 57.4 Å². The zero-order valence-corrected chi connectivity index (χ0v) is 28.0. The lowest BCUT2D eigenvalue weighted by Crippen LogP contribution is -2.09. The van der Waals surface area contributed by atoms with Crippen LogP contribution in [0.15, 0.2) is 92.0 Å². The van der Waals surface area contributed by atoms with Gasteiger partial charge >= 0.3 is 23.9 Å². The molecular formula is C38H43FO10. The molecule has 0 atom stereocenters. The second kappa shape index (κ2) is 23.0. The van der Waals surface area contributed by atoms with E-state index in [9.17, 15) is 23.6 Å². The van der Waals surface area contributed by atoms with E-state index < -0.39 is 23.7 Å². The summed E-state index contributed by atoms with van der Waals surface area (Å²) in [7, 11) is 1.35. The molecule has 0 aliphatic rings. The van der Waals surface area contributed by atoms with Crippen molar-refractivity contribution in [3.05, 3.63) is 115 Å². The smallest absolute Gasteiger partial charge is 0.343 e. The lowest BCUT2D eigenvalue weighted by atomic mass is 10.2. The van der Waals surface area contributed by atoms with Crippen LogP contribution in [0.2, 0.25) is 0 Å². The van der Waals surface area contributed by atoms with Gasteiger partial charge in [-0.25, -0.2) is 23.6 Å². The minimum Gasteiger partial charge on any atom is -0.494 e. The molecule has 0 aliphatic carbocycles. The summed E-state index contributed by atoms with van der Waals surface area (Å²) < 4.78 is 44.4. The first-order valence-corrected chi connectivity index (χ1v) is 15.8. The van der Waals surface area contributed by atoms with Crippen LogP contribution >= 0.6 is 0 Å². The Labute approximate surface area is 286 Å². The number of aryl methyl sites for hydroxylation is 1. The van der Waals surface area contributed by atoms with Gasteiger partial charge < -0.3 is 28.4 Å². The number of rotatable bonds is 19. The Hall–Kier alpha value is -5.45. The molecule has 0 unspecified atom stereocenters. The third-order valence-corrected chi connectivity index (χ3v) is 6.59. The molecule has 0 aromatic heterocycles. The topological polar surface area (TPSA) is 124 Å². The molecule has 49 heavy (non-hydrogen) atoms. The largest absolute Gasteiger partial charge is 0.494 e. The quantitative estimate of drug-likeness (QED) is 0.0417. The van der Waals surface area contributed by atoms with Crippen LogP contribution in [0.25, 0.3) is 0 Å². The van der Waals surface area contributed by atoms with Gasteiger partial charge in [0.25, 0.3) is 0 Å². The monoisotopic (exact) mass is 678 g/mol. The molecule has 0 bridgehead atoms. The van der Waals surface area contributed by atoms with Crippen molar-refractivity contribution in [2.75, 3.05) is 33.5 Å². The number of methoxy groups -OCH3 is 1. The fraction of sp³-hybridized carbons (Fsp3) is 0.316. The van der Waals surface area contributed by atoms with Gasteiger partial charge in [-0.1, -0.05) is 19.2 Å². The van der Waals surface area contributed by atoms with E-state index >= 15 is 0 Å². The molecule has 0 aliphatic heterocycles. The van der Waals surface area contributed by atoms with E-state index in [-0.39, 0.29) is 11.7 Å². The van der Waals surface area contributed by atoms with Crippen molar-refractivity contribution in [1.29, 1.82) is 0 Å². The van der Waals surface area contributed by atoms with E-state index in [0.29, 0.717) is 49.1 Å². The van der Waals surface area contributed by atoms with Gasteiger partial charge in [-0.15, -0.1) is 0 Å². The van der Waals surface area contributed by atoms with E-state index in [4.69, 9.17) is 23.7 Å². The average Bonchev–Trinajstić information content (AvgIpc) is 3.12. The zero-order valence-electron chi connectivity index (χ0n) is 28.0. The minimum atomic E-state index is -0.636. The van der Waals surface area contributed by atoms with Crippen molar-refractivity contribution >= 4 is 23.9 Å². The predicted molar refractivity (Wildman–Crippen MR) is 181 cm³/mol. The summed E-state index contributed by atoms with van der Waals surface area (Å²) in [5, 5.41) is 0. The van der Waals surface area contributed by atoms with Gasteiger partial charge in [0.2, 0.25) is 0 Å². The highest BCUT2D eigenvalue weighted by Crippen LogP contribution is 2.20. The number of halogens is 1. The molecule has 0 saturated carbocycles. The fourth-order valence-corrected chi connectivity index (χ4v) is 3.94. The molecular weight excluding hydrogens is 635 g/mol. The first kappa shape index (κ1) is 39.7. The Bertz CT molecular complexity index is 1500. The number of ether oxygens (including phenoxy) is 6. The second-order valence-corrected chi connectivity index (χ2v) is 10.4. The van der Waals surface area contributed by atoms with Crippen LogP contribution in [0.3, 0.4) is 0 Å². The fourth-order valence-electron chi connectivity index (χ4n) is 3.94. The van der Waals surface area contributed by atoms with Gasteiger partial charge in [0.15, 0.2) is 11.6 Å². The molecule has 0 amide bonds. The van der Waals surface area contributed by atoms with E-state index in [1.54, 1.807) is 61.5 Å². The molecule has 0 fully saturated rings. The van der Waals surface area contributed by atoms with Crippen LogP contribution in [0.4, 0.5) is 4.39 Å². The maximum atomic E-state index is 13.8. The summed E-state index contributed by atoms with van der Waals surface area (Å²) in [6.07, 6.45) is 7.28. The first-order valence-electron chi connectivity index (χ1n) is 15.8. The number of benzene rings is 3. The van der Waals surface area contributed by atoms with Gasteiger partial charge in [-0.2, -0.15) is 0 Å². The molecule has 262 valence electrons. The molecule has 0 spiro atoms. The van der Waals surface area contributed by atoms with Gasteiger partial charge in [0, 0.05) is 12.2 Å². The normalized spacial score (nSPS) is 10.0. The lowest BCUT2D eigenvalue weighted by Gasteiger charge is -2.08. The standard InChI is InChI=1S/C22H23FO5.C16H20O5/c1-3-21(24)27-14-6-4-5-13-26-18-10-8-17(9-11-18)22(25)28-20-12-7-16(2)15-19(20)23;1-3-15(17)21-12-6-4-5-11-20-14-9-7-13(8-10-14)16(18)19-2/h3,7-12,15H,1,4-6,13-14H2,2H3;3,7-10H,1,4-6,11-12H2,2H3. The van der Waals surface area contributed by atoms with E-state index in [1.807, 2.05) is 0 Å². The highest BCUT2D eigenvalue weighted by atomic mass is 19.1. The van der Waals surface area contributed by atoms with E-state index in [2.05, 4.69) is 17.9 Å². The van der Waals surface area contributed by atoms with Gasteiger partial charge in [-0.05, 0) is 112 Å². The third kappa shape index (κ3) is 16.3. The maximum absolute atomic E-state index is 13.8. The van der Waals surface area contributed by atoms with Crippen molar-refractivity contribution in [2.45, 2.75) is 45.4 Å². The van der Waals surface area contributed by atoms with Crippen LogP contribution in [-0.2, 0) is 23.8 Å². The summed E-state index contributed by atoms with van der Waals surface area (Å²) in [4.78, 5) is 45.0. The van der Waals surface area contributed by atoms with Crippen molar-refractivity contribution in [3.8, 4) is 17.2 Å². The Morgan fingerprint density at radius 1 is 0.633 bits per heavy atom.